The summed E-state index contributed by atoms with van der Waals surface area (Å²) < 4.78 is 52.2. The molecule has 138 valence electrons. The maximum atomic E-state index is 14.7. The normalized spacial score (nSPS) is 23.7. The summed E-state index contributed by atoms with van der Waals surface area (Å²) in [6.07, 6.45) is -1.45. The Balaban J connectivity index is 1.84. The number of quaternary nitrogens is 1. The lowest BCUT2D eigenvalue weighted by Crippen LogP contribution is -2.36. The lowest BCUT2D eigenvalue weighted by Gasteiger charge is -2.21. The number of pyridine rings is 1. The van der Waals surface area contributed by atoms with E-state index in [2.05, 4.69) is 15.1 Å². The number of aliphatic imine (C=N–C) groups is 1. The Kier molecular flexibility index (Phi) is 4.48. The molecule has 2 heterocycles. The number of amides is 1. The van der Waals surface area contributed by atoms with Crippen LogP contribution in [0.15, 0.2) is 33.9 Å². The third kappa shape index (κ3) is 3.28. The Bertz CT molecular complexity index is 873. The highest BCUT2D eigenvalue weighted by molar-refractivity contribution is 6.33. The van der Waals surface area contributed by atoms with E-state index < -0.39 is 23.6 Å². The van der Waals surface area contributed by atoms with Gasteiger partial charge in [-0.15, -0.1) is 8.98 Å². The van der Waals surface area contributed by atoms with Crippen molar-refractivity contribution in [2.45, 2.75) is 32.0 Å². The van der Waals surface area contributed by atoms with Crippen molar-refractivity contribution < 1.29 is 26.9 Å². The van der Waals surface area contributed by atoms with Crippen LogP contribution in [0.2, 0.25) is 5.02 Å². The Morgan fingerprint density at radius 3 is 2.62 bits per heavy atom. The molecule has 1 aliphatic carbocycles. The zero-order valence-corrected chi connectivity index (χ0v) is 14.6. The highest BCUT2D eigenvalue weighted by atomic mass is 35.5. The van der Waals surface area contributed by atoms with E-state index in [0.717, 1.165) is 19.1 Å². The minimum atomic E-state index is -4.58. The van der Waals surface area contributed by atoms with Crippen LogP contribution < -0.4 is 0 Å². The van der Waals surface area contributed by atoms with Crippen molar-refractivity contribution in [2.75, 3.05) is 7.05 Å². The largest absolute Gasteiger partial charge is 0.417 e. The standard InChI is InChI=1S/C16H14ClF4N4O/c1-8-13(14(18)25(2,24-8)10-3-4-10)15(26)23-7-12-11(17)5-9(6-22-12)16(19,20)21/h5-7,10H,3-4H2,1-2H3/q+1. The van der Waals surface area contributed by atoms with Gasteiger partial charge in [0, 0.05) is 19.0 Å². The minimum absolute atomic E-state index is 0.00486. The maximum Gasteiger partial charge on any atom is 0.417 e. The minimum Gasteiger partial charge on any atom is -0.266 e. The van der Waals surface area contributed by atoms with Gasteiger partial charge >= 0.3 is 12.1 Å². The Labute approximate surface area is 151 Å². The smallest absolute Gasteiger partial charge is 0.266 e. The predicted molar refractivity (Wildman–Crippen MR) is 87.3 cm³/mol. The number of alkyl halides is 3. The van der Waals surface area contributed by atoms with Gasteiger partial charge in [-0.3, -0.25) is 9.78 Å². The first-order valence-electron chi connectivity index (χ1n) is 7.69. The Morgan fingerprint density at radius 2 is 2.08 bits per heavy atom. The van der Waals surface area contributed by atoms with Gasteiger partial charge in [0.25, 0.3) is 5.91 Å². The van der Waals surface area contributed by atoms with Crippen LogP contribution in [0, 0.1) is 0 Å². The van der Waals surface area contributed by atoms with Gasteiger partial charge in [-0.05, 0) is 13.0 Å². The fourth-order valence-corrected chi connectivity index (χ4v) is 2.94. The lowest BCUT2D eigenvalue weighted by atomic mass is 10.2. The van der Waals surface area contributed by atoms with Crippen LogP contribution in [-0.4, -0.2) is 40.5 Å². The molecule has 0 bridgehead atoms. The molecule has 0 spiro atoms. The number of aromatic nitrogens is 1. The van der Waals surface area contributed by atoms with E-state index >= 15 is 0 Å². The van der Waals surface area contributed by atoms with Crippen molar-refractivity contribution >= 4 is 29.4 Å². The van der Waals surface area contributed by atoms with Gasteiger partial charge in [0.15, 0.2) is 5.57 Å². The molecule has 1 fully saturated rings. The number of rotatable bonds is 3. The molecule has 0 radical (unpaired) electrons. The summed E-state index contributed by atoms with van der Waals surface area (Å²) in [6.45, 7) is 1.51. The average Bonchev–Trinajstić information content (AvgIpc) is 3.34. The van der Waals surface area contributed by atoms with E-state index in [1.807, 2.05) is 0 Å². The molecule has 5 nitrogen and oxygen atoms in total. The summed E-state index contributed by atoms with van der Waals surface area (Å²) in [7, 11) is 1.58. The maximum absolute atomic E-state index is 14.7. The number of hydrogen-bond donors (Lipinski definition) is 0. The number of halogens is 5. The van der Waals surface area contributed by atoms with Crippen molar-refractivity contribution in [3.63, 3.8) is 0 Å². The first-order chi connectivity index (χ1) is 12.0. The van der Waals surface area contributed by atoms with E-state index in [0.29, 0.717) is 12.3 Å². The summed E-state index contributed by atoms with van der Waals surface area (Å²) in [4.78, 5) is 19.4. The first-order valence-corrected chi connectivity index (χ1v) is 8.06. The molecule has 10 heteroatoms. The molecule has 0 saturated heterocycles. The van der Waals surface area contributed by atoms with Gasteiger partial charge in [0.2, 0.25) is 0 Å². The zero-order valence-electron chi connectivity index (χ0n) is 13.8. The van der Waals surface area contributed by atoms with E-state index in [1.165, 1.54) is 6.92 Å². The van der Waals surface area contributed by atoms with Crippen LogP contribution >= 0.6 is 11.6 Å². The van der Waals surface area contributed by atoms with Crippen LogP contribution in [0.4, 0.5) is 17.6 Å². The van der Waals surface area contributed by atoms with Gasteiger partial charge < -0.3 is 0 Å². The van der Waals surface area contributed by atoms with Crippen molar-refractivity contribution in [3.05, 3.63) is 40.1 Å². The van der Waals surface area contributed by atoms with Gasteiger partial charge in [0.05, 0.1) is 22.5 Å². The summed E-state index contributed by atoms with van der Waals surface area (Å²) in [5.74, 6) is -1.57. The second-order valence-electron chi connectivity index (χ2n) is 6.26. The Hall–Kier alpha value is -2.13. The molecule has 26 heavy (non-hydrogen) atoms. The third-order valence-corrected chi connectivity index (χ3v) is 4.60. The summed E-state index contributed by atoms with van der Waals surface area (Å²) in [6, 6.07) is 0.689. The van der Waals surface area contributed by atoms with Gasteiger partial charge in [-0.2, -0.15) is 13.2 Å². The van der Waals surface area contributed by atoms with Crippen molar-refractivity contribution in [3.8, 4) is 0 Å². The monoisotopic (exact) mass is 389 g/mol. The van der Waals surface area contributed by atoms with Crippen molar-refractivity contribution in [2.24, 2.45) is 10.1 Å². The SMILES string of the molecule is CC1=N[N+](C)(C2CC2)C(F)=C1C(=O)N=Cc1ncc(C(F)(F)F)cc1Cl. The number of hydrogen-bond acceptors (Lipinski definition) is 3. The van der Waals surface area contributed by atoms with Gasteiger partial charge in [-0.25, -0.2) is 4.99 Å². The molecule has 2 aliphatic rings. The number of carbonyl (C=O) groups excluding carboxylic acids is 1. The average molecular weight is 390 g/mol. The second kappa shape index (κ2) is 6.24. The molecule has 1 saturated carbocycles. The van der Waals surface area contributed by atoms with Crippen LogP contribution in [0.3, 0.4) is 0 Å². The van der Waals surface area contributed by atoms with E-state index in [9.17, 15) is 22.4 Å². The number of carbonyl (C=O) groups is 1. The highest BCUT2D eigenvalue weighted by Crippen LogP contribution is 2.42. The Morgan fingerprint density at radius 1 is 1.42 bits per heavy atom. The molecule has 1 aromatic heterocycles. The lowest BCUT2D eigenvalue weighted by molar-refractivity contribution is -0.897. The van der Waals surface area contributed by atoms with Crippen LogP contribution in [-0.2, 0) is 11.0 Å². The molecule has 1 amide bonds. The molecular formula is C16H14ClF4N4O+. The molecule has 0 aromatic carbocycles. The first kappa shape index (κ1) is 18.7. The van der Waals surface area contributed by atoms with Crippen LogP contribution in [0.5, 0.6) is 0 Å². The van der Waals surface area contributed by atoms with Crippen molar-refractivity contribution in [1.29, 1.82) is 0 Å². The van der Waals surface area contributed by atoms with Gasteiger partial charge in [-0.1, -0.05) is 16.7 Å². The molecule has 1 aliphatic heterocycles. The molecule has 1 aromatic rings. The van der Waals surface area contributed by atoms with Gasteiger partial charge in [0.1, 0.15) is 18.8 Å². The quantitative estimate of drug-likeness (QED) is 0.341. The fraction of sp³-hybridized carbons (Fsp3) is 0.375. The predicted octanol–water partition coefficient (Wildman–Crippen LogP) is 3.88. The summed E-state index contributed by atoms with van der Waals surface area (Å²) in [5, 5.41) is 3.90. The number of nitrogens with zero attached hydrogens (tertiary/aromatic N) is 4. The second-order valence-corrected chi connectivity index (χ2v) is 6.67. The van der Waals surface area contributed by atoms with E-state index in [4.69, 9.17) is 11.6 Å². The molecule has 3 rings (SSSR count). The van der Waals surface area contributed by atoms with E-state index in [-0.39, 0.29) is 32.6 Å². The summed E-state index contributed by atoms with van der Waals surface area (Å²) >= 11 is 5.75. The molecule has 1 atom stereocenters. The summed E-state index contributed by atoms with van der Waals surface area (Å²) in [5.41, 5.74) is -1.15. The van der Waals surface area contributed by atoms with E-state index in [1.54, 1.807) is 7.05 Å². The molecule has 1 unspecified atom stereocenters. The fourth-order valence-electron chi connectivity index (χ4n) is 2.73. The molecule has 0 N–H and O–H groups in total. The molecular weight excluding hydrogens is 376 g/mol. The highest BCUT2D eigenvalue weighted by Gasteiger charge is 2.52. The topological polar surface area (TPSA) is 54.7 Å². The zero-order chi connectivity index (χ0) is 19.3. The third-order valence-electron chi connectivity index (χ3n) is 4.30. The van der Waals surface area contributed by atoms with Crippen LogP contribution in [0.25, 0.3) is 0 Å². The van der Waals surface area contributed by atoms with Crippen LogP contribution in [0.1, 0.15) is 31.0 Å². The van der Waals surface area contributed by atoms with Crippen molar-refractivity contribution in [1.82, 2.24) is 4.98 Å².